The molecule has 0 saturated carbocycles. The molecule has 0 spiro atoms. The first kappa shape index (κ1) is 26.2. The molecule has 1 amide bonds. The molecule has 0 aliphatic heterocycles. The fourth-order valence-corrected chi connectivity index (χ4v) is 4.75. The largest absolute Gasteiger partial charge is 0.497 e. The molecule has 0 aliphatic carbocycles. The van der Waals surface area contributed by atoms with Gasteiger partial charge in [-0.05, 0) is 67.6 Å². The van der Waals surface area contributed by atoms with E-state index in [1.54, 1.807) is 62.6 Å². The summed E-state index contributed by atoms with van der Waals surface area (Å²) in [5.74, 6) is 1.19. The maximum Gasteiger partial charge on any atom is 0.264 e. The second-order valence-corrected chi connectivity index (χ2v) is 9.54. The molecule has 0 aromatic heterocycles. The first-order chi connectivity index (χ1) is 16.8. The van der Waals surface area contributed by atoms with Crippen LogP contribution in [0.1, 0.15) is 6.92 Å². The molecule has 3 aromatic carbocycles. The van der Waals surface area contributed by atoms with Gasteiger partial charge in [-0.25, -0.2) is 8.42 Å². The van der Waals surface area contributed by atoms with Crippen LogP contribution in [0.5, 0.6) is 17.2 Å². The monoisotopic (exact) mass is 518 g/mol. The van der Waals surface area contributed by atoms with Crippen LogP contribution in [-0.2, 0) is 14.8 Å². The number of nitrogens with zero attached hydrogens (tertiary/aromatic N) is 1. The lowest BCUT2D eigenvalue weighted by molar-refractivity contribution is -0.119. The molecule has 0 bridgehead atoms. The number of anilines is 1. The van der Waals surface area contributed by atoms with Crippen LogP contribution in [0.4, 0.5) is 5.69 Å². The summed E-state index contributed by atoms with van der Waals surface area (Å²) in [6.07, 6.45) is 0. The van der Waals surface area contributed by atoms with E-state index in [1.165, 1.54) is 24.3 Å². The first-order valence-corrected chi connectivity index (χ1v) is 12.7. The normalized spacial score (nSPS) is 10.9. The summed E-state index contributed by atoms with van der Waals surface area (Å²) < 4.78 is 44.4. The molecule has 0 fully saturated rings. The van der Waals surface area contributed by atoms with Gasteiger partial charge in [0.2, 0.25) is 5.91 Å². The Hall–Kier alpha value is -3.43. The molecular formula is C25H27ClN2O6S. The molecule has 1 N–H and O–H groups in total. The highest BCUT2D eigenvalue weighted by molar-refractivity contribution is 7.92. The van der Waals surface area contributed by atoms with Gasteiger partial charge in [0.1, 0.15) is 30.4 Å². The maximum atomic E-state index is 13.5. The Morgan fingerprint density at radius 2 is 1.60 bits per heavy atom. The number of methoxy groups -OCH3 is 1. The number of halogens is 1. The van der Waals surface area contributed by atoms with Gasteiger partial charge in [0.05, 0.1) is 30.8 Å². The number of para-hydroxylation sites is 2. The number of carbonyl (C=O) groups is 1. The lowest BCUT2D eigenvalue weighted by Gasteiger charge is -2.26. The van der Waals surface area contributed by atoms with E-state index in [0.717, 1.165) is 4.31 Å². The Morgan fingerprint density at radius 1 is 0.943 bits per heavy atom. The van der Waals surface area contributed by atoms with E-state index < -0.39 is 22.5 Å². The number of carbonyl (C=O) groups excluding carboxylic acids is 1. The molecule has 0 atom stereocenters. The number of hydrogen-bond acceptors (Lipinski definition) is 6. The van der Waals surface area contributed by atoms with Gasteiger partial charge in [-0.1, -0.05) is 23.7 Å². The zero-order valence-electron chi connectivity index (χ0n) is 19.4. The lowest BCUT2D eigenvalue weighted by atomic mass is 10.3. The standard InChI is InChI=1S/C25H27ClN2O6S/c1-3-33-24-7-5-4-6-23(24)28(35(30,31)22-14-8-19(26)9-15-22)18-25(29)27-16-17-34-21-12-10-20(32-2)11-13-21/h4-15H,3,16-18H2,1-2H3,(H,27,29). The Bertz CT molecular complexity index is 1220. The van der Waals surface area contributed by atoms with Gasteiger partial charge >= 0.3 is 0 Å². The third-order valence-corrected chi connectivity index (χ3v) is 6.90. The van der Waals surface area contributed by atoms with E-state index in [1.807, 2.05) is 0 Å². The van der Waals surface area contributed by atoms with Crippen molar-refractivity contribution in [1.82, 2.24) is 5.32 Å². The molecule has 3 rings (SSSR count). The molecule has 8 nitrogen and oxygen atoms in total. The quantitative estimate of drug-likeness (QED) is 0.362. The van der Waals surface area contributed by atoms with Crippen LogP contribution in [0, 0.1) is 0 Å². The third kappa shape index (κ3) is 7.03. The molecule has 0 saturated heterocycles. The number of benzene rings is 3. The van der Waals surface area contributed by atoms with E-state index in [4.69, 9.17) is 25.8 Å². The van der Waals surface area contributed by atoms with Crippen LogP contribution in [0.3, 0.4) is 0 Å². The topological polar surface area (TPSA) is 94.2 Å². The number of sulfonamides is 1. The summed E-state index contributed by atoms with van der Waals surface area (Å²) in [6, 6.07) is 19.5. The highest BCUT2D eigenvalue weighted by Gasteiger charge is 2.29. The zero-order valence-corrected chi connectivity index (χ0v) is 21.0. The smallest absolute Gasteiger partial charge is 0.264 e. The van der Waals surface area contributed by atoms with Crippen LogP contribution in [0.2, 0.25) is 5.02 Å². The maximum absolute atomic E-state index is 13.5. The fourth-order valence-electron chi connectivity index (χ4n) is 3.19. The Morgan fingerprint density at radius 3 is 2.26 bits per heavy atom. The average Bonchev–Trinajstić information content (AvgIpc) is 2.86. The molecule has 0 aliphatic rings. The van der Waals surface area contributed by atoms with Crippen molar-refractivity contribution in [2.45, 2.75) is 11.8 Å². The van der Waals surface area contributed by atoms with Gasteiger partial charge in [0.25, 0.3) is 10.0 Å². The summed E-state index contributed by atoms with van der Waals surface area (Å²) in [4.78, 5) is 12.8. The fraction of sp³-hybridized carbons (Fsp3) is 0.240. The van der Waals surface area contributed by atoms with Crippen molar-refractivity contribution in [2.75, 3.05) is 37.7 Å². The second-order valence-electron chi connectivity index (χ2n) is 7.24. The van der Waals surface area contributed by atoms with Crippen molar-refractivity contribution in [3.8, 4) is 17.2 Å². The minimum Gasteiger partial charge on any atom is -0.497 e. The molecule has 186 valence electrons. The number of ether oxygens (including phenoxy) is 3. The minimum atomic E-state index is -4.10. The van der Waals surface area contributed by atoms with E-state index in [-0.39, 0.29) is 23.7 Å². The van der Waals surface area contributed by atoms with E-state index in [2.05, 4.69) is 5.32 Å². The zero-order chi connectivity index (χ0) is 25.3. The minimum absolute atomic E-state index is 0.00356. The molecule has 0 heterocycles. The van der Waals surface area contributed by atoms with Crippen LogP contribution >= 0.6 is 11.6 Å². The Labute approximate surface area is 210 Å². The number of hydrogen-bond donors (Lipinski definition) is 1. The predicted molar refractivity (Wildman–Crippen MR) is 135 cm³/mol. The van der Waals surface area contributed by atoms with Gasteiger partial charge < -0.3 is 19.5 Å². The lowest BCUT2D eigenvalue weighted by Crippen LogP contribution is -2.42. The van der Waals surface area contributed by atoms with Gasteiger partial charge in [-0.3, -0.25) is 9.10 Å². The molecule has 0 radical (unpaired) electrons. The first-order valence-electron chi connectivity index (χ1n) is 10.9. The highest BCUT2D eigenvalue weighted by Crippen LogP contribution is 2.32. The van der Waals surface area contributed by atoms with Crippen molar-refractivity contribution in [2.24, 2.45) is 0 Å². The Kier molecular flexibility index (Phi) is 9.22. The summed E-state index contributed by atoms with van der Waals surface area (Å²) in [6.45, 7) is 2.08. The Balaban J connectivity index is 1.74. The third-order valence-electron chi connectivity index (χ3n) is 4.88. The van der Waals surface area contributed by atoms with Crippen LogP contribution < -0.4 is 23.8 Å². The number of rotatable bonds is 12. The molecule has 10 heteroatoms. The van der Waals surface area contributed by atoms with Gasteiger partial charge in [-0.15, -0.1) is 0 Å². The molecule has 35 heavy (non-hydrogen) atoms. The molecular weight excluding hydrogens is 492 g/mol. The van der Waals surface area contributed by atoms with Crippen LogP contribution in [0.25, 0.3) is 0 Å². The number of nitrogens with one attached hydrogen (secondary N) is 1. The summed E-state index contributed by atoms with van der Waals surface area (Å²) in [5, 5.41) is 3.11. The van der Waals surface area contributed by atoms with E-state index >= 15 is 0 Å². The molecule has 3 aromatic rings. The van der Waals surface area contributed by atoms with Crippen molar-refractivity contribution >= 4 is 33.2 Å². The van der Waals surface area contributed by atoms with Crippen molar-refractivity contribution < 1.29 is 27.4 Å². The molecule has 0 unspecified atom stereocenters. The van der Waals surface area contributed by atoms with E-state index in [0.29, 0.717) is 28.9 Å². The summed E-state index contributed by atoms with van der Waals surface area (Å²) >= 11 is 5.93. The average molecular weight is 519 g/mol. The van der Waals surface area contributed by atoms with Gasteiger partial charge in [0.15, 0.2) is 0 Å². The SMILES string of the molecule is CCOc1ccccc1N(CC(=O)NCCOc1ccc(OC)cc1)S(=O)(=O)c1ccc(Cl)cc1. The van der Waals surface area contributed by atoms with E-state index in [9.17, 15) is 13.2 Å². The highest BCUT2D eigenvalue weighted by atomic mass is 35.5. The second kappa shape index (κ2) is 12.3. The van der Waals surface area contributed by atoms with Crippen molar-refractivity contribution in [3.63, 3.8) is 0 Å². The summed E-state index contributed by atoms with van der Waals surface area (Å²) in [5.41, 5.74) is 0.258. The van der Waals surface area contributed by atoms with Crippen molar-refractivity contribution in [1.29, 1.82) is 0 Å². The summed E-state index contributed by atoms with van der Waals surface area (Å²) in [7, 11) is -2.52. The van der Waals surface area contributed by atoms with Crippen molar-refractivity contribution in [3.05, 3.63) is 77.8 Å². The predicted octanol–water partition coefficient (Wildman–Crippen LogP) is 4.14. The van der Waals surface area contributed by atoms with Gasteiger partial charge in [0, 0.05) is 5.02 Å². The van der Waals surface area contributed by atoms with Gasteiger partial charge in [-0.2, -0.15) is 0 Å². The van der Waals surface area contributed by atoms with Crippen LogP contribution in [-0.4, -0.2) is 47.7 Å². The van der Waals surface area contributed by atoms with Crippen LogP contribution in [0.15, 0.2) is 77.7 Å². The number of amides is 1.